The van der Waals surface area contributed by atoms with Gasteiger partial charge in [-0.15, -0.1) is 0 Å². The molecule has 0 aromatic heterocycles. The number of benzene rings is 1. The molecule has 0 bridgehead atoms. The van der Waals surface area contributed by atoms with Gasteiger partial charge in [-0.3, -0.25) is 4.52 Å². The smallest absolute Gasteiger partial charge is 0.414 e. The van der Waals surface area contributed by atoms with E-state index in [0.717, 1.165) is 13.0 Å². The molecule has 0 fully saturated rings. The summed E-state index contributed by atoms with van der Waals surface area (Å²) >= 11 is 0. The van der Waals surface area contributed by atoms with Gasteiger partial charge in [0.15, 0.2) is 11.5 Å². The molecule has 0 saturated heterocycles. The average Bonchev–Trinajstić information content (AvgIpc) is 3.61. The van der Waals surface area contributed by atoms with Crippen LogP contribution in [0.1, 0.15) is 45.4 Å². The largest absolute Gasteiger partial charge is 0.463 e. The molecule has 0 amide bonds. The van der Waals surface area contributed by atoms with Crippen molar-refractivity contribution in [3.8, 4) is 11.5 Å². The number of unbranched alkanes of at least 4 members (excludes halogenated alkanes) is 5. The van der Waals surface area contributed by atoms with Crippen molar-refractivity contribution in [2.24, 2.45) is 0 Å². The molecule has 0 N–H and O–H groups in total. The standard InChI is InChI=1S/C38H69O15P/c1-2-3-4-5-6-9-12-39-13-14-40-15-16-41-17-18-42-19-20-43-21-22-44-23-24-45-25-26-46-27-28-47-29-30-48-31-32-49-33-34-50-35-36-51-54-52-37-10-7-8-11-38(37)53-54/h7-8,10-11H,2-6,9,12-36H2,1H3. The van der Waals surface area contributed by atoms with Gasteiger partial charge in [0.1, 0.15) is 0 Å². The van der Waals surface area contributed by atoms with Crippen LogP contribution in [0.4, 0.5) is 0 Å². The molecule has 0 unspecified atom stereocenters. The van der Waals surface area contributed by atoms with E-state index < -0.39 is 8.60 Å². The average molecular weight is 797 g/mol. The van der Waals surface area contributed by atoms with Gasteiger partial charge in [-0.25, -0.2) is 0 Å². The lowest BCUT2D eigenvalue weighted by molar-refractivity contribution is -0.0285. The number of para-hydroxylation sites is 2. The minimum absolute atomic E-state index is 0.388. The fourth-order valence-corrected chi connectivity index (χ4v) is 5.50. The highest BCUT2D eigenvalue weighted by atomic mass is 31.2. The van der Waals surface area contributed by atoms with Gasteiger partial charge in [-0.05, 0) is 18.6 Å². The molecule has 1 aliphatic heterocycles. The van der Waals surface area contributed by atoms with Crippen molar-refractivity contribution in [3.63, 3.8) is 0 Å². The van der Waals surface area contributed by atoms with Crippen LogP contribution in [0.25, 0.3) is 0 Å². The molecule has 1 aromatic rings. The maximum absolute atomic E-state index is 5.59. The summed E-state index contributed by atoms with van der Waals surface area (Å²) in [5.41, 5.74) is 0. The monoisotopic (exact) mass is 796 g/mol. The zero-order valence-corrected chi connectivity index (χ0v) is 33.7. The van der Waals surface area contributed by atoms with Crippen molar-refractivity contribution >= 4 is 8.60 Å². The number of rotatable bonds is 44. The highest BCUT2D eigenvalue weighted by Crippen LogP contribution is 2.52. The first-order valence-corrected chi connectivity index (χ1v) is 20.8. The molecule has 1 heterocycles. The van der Waals surface area contributed by atoms with E-state index in [0.29, 0.717) is 170 Å². The first-order chi connectivity index (χ1) is 26.9. The highest BCUT2D eigenvalue weighted by molar-refractivity contribution is 7.43. The SMILES string of the molecule is CCCCCCCCOCCOCCOCCOCCOCCOCCOCCOCCOCCOCCOCCOCCOP1Oc2ccccc2O1. The number of ether oxygens (including phenoxy) is 12. The lowest BCUT2D eigenvalue weighted by Crippen LogP contribution is -2.15. The summed E-state index contributed by atoms with van der Waals surface area (Å²) in [6.07, 6.45) is 7.67. The van der Waals surface area contributed by atoms with Crippen molar-refractivity contribution in [1.29, 1.82) is 0 Å². The first-order valence-electron chi connectivity index (χ1n) is 19.7. The number of hydrogen-bond acceptors (Lipinski definition) is 15. The maximum Gasteiger partial charge on any atom is 0.463 e. The van der Waals surface area contributed by atoms with Crippen molar-refractivity contribution < 1.29 is 70.4 Å². The van der Waals surface area contributed by atoms with Gasteiger partial charge in [0.25, 0.3) is 0 Å². The van der Waals surface area contributed by atoms with Crippen molar-refractivity contribution in [3.05, 3.63) is 24.3 Å². The molecule has 54 heavy (non-hydrogen) atoms. The Hall–Kier alpha value is -1.27. The van der Waals surface area contributed by atoms with Gasteiger partial charge in [-0.2, -0.15) is 0 Å². The van der Waals surface area contributed by atoms with Crippen molar-refractivity contribution in [2.75, 3.05) is 165 Å². The molecule has 16 heteroatoms. The molecule has 15 nitrogen and oxygen atoms in total. The van der Waals surface area contributed by atoms with Gasteiger partial charge in [0, 0.05) is 6.61 Å². The minimum atomic E-state index is -1.39. The molecule has 0 radical (unpaired) electrons. The Labute approximate surface area is 325 Å². The Balaban J connectivity index is 1.12. The molecule has 1 aliphatic rings. The summed E-state index contributed by atoms with van der Waals surface area (Å²) in [6, 6.07) is 7.49. The van der Waals surface area contributed by atoms with E-state index in [9.17, 15) is 0 Å². The van der Waals surface area contributed by atoms with E-state index in [4.69, 9.17) is 70.4 Å². The Morgan fingerprint density at radius 3 is 0.907 bits per heavy atom. The van der Waals surface area contributed by atoms with Crippen LogP contribution in [0.5, 0.6) is 11.5 Å². The number of fused-ring (bicyclic) bond motifs is 1. The lowest BCUT2D eigenvalue weighted by atomic mass is 10.1. The second-order valence-corrected chi connectivity index (χ2v) is 12.9. The van der Waals surface area contributed by atoms with Crippen LogP contribution in [-0.4, -0.2) is 165 Å². The molecular weight excluding hydrogens is 727 g/mol. The zero-order valence-electron chi connectivity index (χ0n) is 32.8. The van der Waals surface area contributed by atoms with Crippen LogP contribution in [0, 0.1) is 0 Å². The molecule has 0 aliphatic carbocycles. The van der Waals surface area contributed by atoms with Gasteiger partial charge in [-0.1, -0.05) is 51.2 Å². The molecule has 1 aromatic carbocycles. The van der Waals surface area contributed by atoms with Gasteiger partial charge < -0.3 is 65.9 Å². The molecule has 0 spiro atoms. The summed E-state index contributed by atoms with van der Waals surface area (Å²) in [5, 5.41) is 0. The number of hydrogen-bond donors (Lipinski definition) is 0. The Kier molecular flexibility index (Phi) is 36.2. The summed E-state index contributed by atoms with van der Waals surface area (Å²) in [5.74, 6) is 1.42. The molecule has 2 rings (SSSR count). The Morgan fingerprint density at radius 1 is 0.333 bits per heavy atom. The Morgan fingerprint density at radius 2 is 0.593 bits per heavy atom. The van der Waals surface area contributed by atoms with Crippen molar-refractivity contribution in [1.82, 2.24) is 0 Å². The van der Waals surface area contributed by atoms with E-state index in [-0.39, 0.29) is 0 Å². The Bertz CT molecular complexity index is 881. The van der Waals surface area contributed by atoms with E-state index in [1.807, 2.05) is 24.3 Å². The third kappa shape index (κ3) is 31.9. The van der Waals surface area contributed by atoms with Crippen LogP contribution in [0.2, 0.25) is 0 Å². The van der Waals surface area contributed by atoms with E-state index in [1.54, 1.807) is 0 Å². The summed E-state index contributed by atoms with van der Waals surface area (Å²) in [4.78, 5) is 0. The zero-order chi connectivity index (χ0) is 38.1. The normalized spacial score (nSPS) is 12.7. The summed E-state index contributed by atoms with van der Waals surface area (Å²) in [6.45, 7) is 15.4. The van der Waals surface area contributed by atoms with E-state index in [2.05, 4.69) is 6.92 Å². The van der Waals surface area contributed by atoms with Crippen LogP contribution in [0.3, 0.4) is 0 Å². The molecule has 0 atom stereocenters. The van der Waals surface area contributed by atoms with Crippen LogP contribution in [-0.2, 0) is 61.4 Å². The third-order valence-electron chi connectivity index (χ3n) is 7.35. The molecular formula is C38H69O15P. The first kappa shape index (κ1) is 48.9. The van der Waals surface area contributed by atoms with Crippen LogP contribution in [0.15, 0.2) is 24.3 Å². The summed E-state index contributed by atoms with van der Waals surface area (Å²) < 4.78 is 82.9. The minimum Gasteiger partial charge on any atom is -0.414 e. The maximum atomic E-state index is 5.59. The second-order valence-electron chi connectivity index (χ2n) is 11.8. The molecule has 0 saturated carbocycles. The van der Waals surface area contributed by atoms with E-state index >= 15 is 0 Å². The topological polar surface area (TPSA) is 138 Å². The highest BCUT2D eigenvalue weighted by Gasteiger charge is 2.27. The van der Waals surface area contributed by atoms with Crippen LogP contribution >= 0.6 is 8.60 Å². The van der Waals surface area contributed by atoms with Gasteiger partial charge in [0.2, 0.25) is 0 Å². The van der Waals surface area contributed by atoms with Gasteiger partial charge >= 0.3 is 8.60 Å². The van der Waals surface area contributed by atoms with Crippen molar-refractivity contribution in [2.45, 2.75) is 45.4 Å². The van der Waals surface area contributed by atoms with E-state index in [1.165, 1.54) is 32.1 Å². The fourth-order valence-electron chi connectivity index (χ4n) is 4.51. The summed E-state index contributed by atoms with van der Waals surface area (Å²) in [7, 11) is -1.39. The predicted octanol–water partition coefficient (Wildman–Crippen LogP) is 5.26. The fraction of sp³-hybridized carbons (Fsp3) is 0.842. The van der Waals surface area contributed by atoms with Gasteiger partial charge in [0.05, 0.1) is 159 Å². The lowest BCUT2D eigenvalue weighted by Gasteiger charge is -2.09. The predicted molar refractivity (Wildman–Crippen MR) is 204 cm³/mol. The molecule has 316 valence electrons. The second kappa shape index (κ2) is 39.9. The van der Waals surface area contributed by atoms with Crippen LogP contribution < -0.4 is 9.05 Å². The quantitative estimate of drug-likeness (QED) is 0.0627. The third-order valence-corrected chi connectivity index (χ3v) is 8.44.